The van der Waals surface area contributed by atoms with Crippen LogP contribution in [-0.4, -0.2) is 25.0 Å². The van der Waals surface area contributed by atoms with E-state index in [4.69, 9.17) is 12.2 Å². The second-order valence-corrected chi connectivity index (χ2v) is 3.20. The number of hydrogen-bond donors (Lipinski definition) is 2. The van der Waals surface area contributed by atoms with E-state index < -0.39 is 0 Å². The molecule has 0 saturated carbocycles. The van der Waals surface area contributed by atoms with Gasteiger partial charge in [-0.25, -0.2) is 0 Å². The van der Waals surface area contributed by atoms with Crippen LogP contribution in [0.2, 0.25) is 0 Å². The molecule has 0 aliphatic heterocycles. The molecule has 0 aliphatic carbocycles. The number of nitrogens with zero attached hydrogens (tertiary/aromatic N) is 3. The smallest absolute Gasteiger partial charge is 0.213 e. The number of H-pyrrole nitrogens is 2. The molecule has 0 radical (unpaired) electrons. The van der Waals surface area contributed by atoms with Crippen molar-refractivity contribution in [1.29, 1.82) is 0 Å². The van der Waals surface area contributed by atoms with Crippen molar-refractivity contribution in [3.8, 4) is 11.4 Å². The number of hydrogen-bond acceptors (Lipinski definition) is 3. The van der Waals surface area contributed by atoms with Crippen LogP contribution in [0.3, 0.4) is 0 Å². The largest absolute Gasteiger partial charge is 0.282 e. The van der Waals surface area contributed by atoms with Crippen molar-refractivity contribution >= 4 is 12.2 Å². The van der Waals surface area contributed by atoms with Crippen LogP contribution in [0.25, 0.3) is 11.4 Å². The zero-order valence-electron chi connectivity index (χ0n) is 7.33. The molecule has 68 valence electrons. The molecule has 0 spiro atoms. The molecule has 0 aromatic carbocycles. The van der Waals surface area contributed by atoms with Gasteiger partial charge in [0.15, 0.2) is 5.82 Å². The van der Waals surface area contributed by atoms with Gasteiger partial charge in [-0.15, -0.1) is 0 Å². The Bertz CT molecular complexity index is 477. The maximum atomic E-state index is 4.86. The fourth-order valence-corrected chi connectivity index (χ4v) is 1.37. The molecule has 0 bridgehead atoms. The minimum atomic E-state index is 0.457. The van der Waals surface area contributed by atoms with E-state index in [9.17, 15) is 0 Å². The summed E-state index contributed by atoms with van der Waals surface area (Å²) in [4.78, 5) is 4.11. The van der Waals surface area contributed by atoms with E-state index >= 15 is 0 Å². The Morgan fingerprint density at radius 2 is 2.23 bits per heavy atom. The van der Waals surface area contributed by atoms with E-state index in [-0.39, 0.29) is 0 Å². The van der Waals surface area contributed by atoms with Crippen LogP contribution in [0.1, 0.15) is 5.69 Å². The quantitative estimate of drug-likeness (QED) is 0.671. The average molecular weight is 195 g/mol. The van der Waals surface area contributed by atoms with Gasteiger partial charge in [-0.1, -0.05) is 0 Å². The molecular formula is C7H9N5S. The van der Waals surface area contributed by atoms with E-state index in [0.717, 1.165) is 17.1 Å². The summed E-state index contributed by atoms with van der Waals surface area (Å²) in [5.41, 5.74) is 1.90. The topological polar surface area (TPSA) is 62.3 Å². The van der Waals surface area contributed by atoms with Crippen molar-refractivity contribution < 1.29 is 0 Å². The van der Waals surface area contributed by atoms with Crippen LogP contribution < -0.4 is 0 Å². The van der Waals surface area contributed by atoms with Crippen molar-refractivity contribution in [2.75, 3.05) is 0 Å². The first-order valence-electron chi connectivity index (χ1n) is 3.82. The third-order valence-corrected chi connectivity index (χ3v) is 1.96. The molecule has 0 saturated heterocycles. The van der Waals surface area contributed by atoms with Crippen molar-refractivity contribution in [2.45, 2.75) is 6.92 Å². The second kappa shape index (κ2) is 2.81. The van der Waals surface area contributed by atoms with Crippen LogP contribution in [0.15, 0.2) is 6.20 Å². The minimum absolute atomic E-state index is 0.457. The standard InChI is InChI=1S/C7H9N5S/c1-4-5(3-12(2)11-4)6-8-7(13)10-9-6/h3H,1-2H3,(H2,8,9,10,13). The molecule has 0 fully saturated rings. The second-order valence-electron chi connectivity index (χ2n) is 2.82. The van der Waals surface area contributed by atoms with Crippen LogP contribution in [0, 0.1) is 11.7 Å². The predicted molar refractivity (Wildman–Crippen MR) is 50.7 cm³/mol. The number of aryl methyl sites for hydroxylation is 2. The van der Waals surface area contributed by atoms with Crippen LogP contribution >= 0.6 is 12.2 Å². The molecule has 0 unspecified atom stereocenters. The summed E-state index contributed by atoms with van der Waals surface area (Å²) in [6, 6.07) is 0. The lowest BCUT2D eigenvalue weighted by molar-refractivity contribution is 0.756. The Hall–Kier alpha value is -1.43. The van der Waals surface area contributed by atoms with Crippen molar-refractivity contribution in [3.05, 3.63) is 16.7 Å². The molecule has 2 N–H and O–H groups in total. The third-order valence-electron chi connectivity index (χ3n) is 1.77. The highest BCUT2D eigenvalue weighted by Crippen LogP contribution is 2.16. The van der Waals surface area contributed by atoms with Gasteiger partial charge in [0, 0.05) is 13.2 Å². The van der Waals surface area contributed by atoms with Crippen LogP contribution in [0.4, 0.5) is 0 Å². The molecule has 2 aromatic rings. The van der Waals surface area contributed by atoms with Gasteiger partial charge in [-0.2, -0.15) is 10.1 Å². The average Bonchev–Trinajstić information content (AvgIpc) is 2.58. The van der Waals surface area contributed by atoms with Gasteiger partial charge in [0.05, 0.1) is 11.3 Å². The lowest BCUT2D eigenvalue weighted by atomic mass is 10.2. The van der Waals surface area contributed by atoms with Gasteiger partial charge in [0.25, 0.3) is 0 Å². The summed E-state index contributed by atoms with van der Waals surface area (Å²) in [6.45, 7) is 1.93. The van der Waals surface area contributed by atoms with E-state index in [1.165, 1.54) is 0 Å². The molecule has 13 heavy (non-hydrogen) atoms. The molecular weight excluding hydrogens is 186 g/mol. The van der Waals surface area contributed by atoms with Gasteiger partial charge in [0.2, 0.25) is 4.77 Å². The number of nitrogens with one attached hydrogen (secondary N) is 2. The first kappa shape index (κ1) is 8.18. The van der Waals surface area contributed by atoms with Crippen molar-refractivity contribution in [3.63, 3.8) is 0 Å². The number of rotatable bonds is 1. The fraction of sp³-hybridized carbons (Fsp3) is 0.286. The van der Waals surface area contributed by atoms with E-state index in [0.29, 0.717) is 4.77 Å². The molecule has 0 atom stereocenters. The third kappa shape index (κ3) is 1.40. The SMILES string of the molecule is Cc1nn(C)cc1-c1nc(=S)[nH][nH]1. The highest BCUT2D eigenvalue weighted by molar-refractivity contribution is 7.71. The maximum absolute atomic E-state index is 4.86. The van der Waals surface area contributed by atoms with Gasteiger partial charge in [-0.05, 0) is 19.1 Å². The van der Waals surface area contributed by atoms with Crippen LogP contribution in [-0.2, 0) is 7.05 Å². The molecule has 6 heteroatoms. The summed E-state index contributed by atoms with van der Waals surface area (Å²) < 4.78 is 2.20. The van der Waals surface area contributed by atoms with Crippen molar-refractivity contribution in [2.24, 2.45) is 7.05 Å². The predicted octanol–water partition coefficient (Wildman–Crippen LogP) is 1.18. The molecule has 5 nitrogen and oxygen atoms in total. The number of aromatic nitrogens is 5. The molecule has 0 amide bonds. The Morgan fingerprint density at radius 3 is 2.69 bits per heavy atom. The summed E-state index contributed by atoms with van der Waals surface area (Å²) in [6.07, 6.45) is 1.90. The lowest BCUT2D eigenvalue weighted by Crippen LogP contribution is -1.86. The molecule has 2 heterocycles. The highest BCUT2D eigenvalue weighted by atomic mass is 32.1. The zero-order valence-corrected chi connectivity index (χ0v) is 8.14. The molecule has 0 aliphatic rings. The van der Waals surface area contributed by atoms with Gasteiger partial charge >= 0.3 is 0 Å². The highest BCUT2D eigenvalue weighted by Gasteiger charge is 2.07. The normalized spacial score (nSPS) is 10.6. The van der Waals surface area contributed by atoms with Gasteiger partial charge in [-0.3, -0.25) is 14.9 Å². The van der Waals surface area contributed by atoms with Crippen molar-refractivity contribution in [1.82, 2.24) is 25.0 Å². The Morgan fingerprint density at radius 1 is 1.46 bits per heavy atom. The van der Waals surface area contributed by atoms with E-state index in [1.807, 2.05) is 20.2 Å². The molecule has 2 aromatic heterocycles. The minimum Gasteiger partial charge on any atom is -0.282 e. The van der Waals surface area contributed by atoms with E-state index in [1.54, 1.807) is 4.68 Å². The maximum Gasteiger partial charge on any atom is 0.213 e. The van der Waals surface area contributed by atoms with Gasteiger partial charge < -0.3 is 0 Å². The summed E-state index contributed by atoms with van der Waals surface area (Å²) in [5, 5.41) is 9.83. The Labute approximate surface area is 79.8 Å². The fourth-order valence-electron chi connectivity index (χ4n) is 1.23. The monoisotopic (exact) mass is 195 g/mol. The Balaban J connectivity index is 2.57. The number of aromatic amines is 2. The Kier molecular flexibility index (Phi) is 1.77. The van der Waals surface area contributed by atoms with Gasteiger partial charge in [0.1, 0.15) is 0 Å². The summed E-state index contributed by atoms with van der Waals surface area (Å²) >= 11 is 4.86. The zero-order chi connectivity index (χ0) is 9.42. The molecule has 2 rings (SSSR count). The lowest BCUT2D eigenvalue weighted by Gasteiger charge is -1.88. The van der Waals surface area contributed by atoms with Crippen LogP contribution in [0.5, 0.6) is 0 Å². The first-order chi connectivity index (χ1) is 6.16. The van der Waals surface area contributed by atoms with E-state index in [2.05, 4.69) is 20.3 Å². The summed E-state index contributed by atoms with van der Waals surface area (Å²) in [7, 11) is 1.87. The first-order valence-corrected chi connectivity index (χ1v) is 4.23. The summed E-state index contributed by atoms with van der Waals surface area (Å²) in [5.74, 6) is 0.732.